The Morgan fingerprint density at radius 3 is 2.82 bits per heavy atom. The van der Waals surface area contributed by atoms with Gasteiger partial charge in [0.2, 0.25) is 5.91 Å². The van der Waals surface area contributed by atoms with Gasteiger partial charge >= 0.3 is 0 Å². The van der Waals surface area contributed by atoms with Gasteiger partial charge in [-0.3, -0.25) is 14.7 Å². The number of rotatable bonds is 5. The summed E-state index contributed by atoms with van der Waals surface area (Å²) in [6.45, 7) is 6.78. The predicted octanol–water partition coefficient (Wildman–Crippen LogP) is 3.28. The van der Waals surface area contributed by atoms with Gasteiger partial charge in [-0.15, -0.1) is 0 Å². The summed E-state index contributed by atoms with van der Waals surface area (Å²) >= 11 is 0. The van der Waals surface area contributed by atoms with E-state index in [9.17, 15) is 4.79 Å². The highest BCUT2D eigenvalue weighted by Crippen LogP contribution is 2.21. The van der Waals surface area contributed by atoms with E-state index in [-0.39, 0.29) is 11.9 Å². The van der Waals surface area contributed by atoms with Crippen molar-refractivity contribution in [3.63, 3.8) is 0 Å². The molecule has 1 amide bonds. The quantitative estimate of drug-likeness (QED) is 0.684. The third-order valence-corrected chi connectivity index (χ3v) is 5.21. The molecule has 0 unspecified atom stereocenters. The molecule has 1 aliphatic rings. The summed E-state index contributed by atoms with van der Waals surface area (Å²) in [7, 11) is 0. The van der Waals surface area contributed by atoms with E-state index in [1.165, 1.54) is 11.1 Å². The van der Waals surface area contributed by atoms with Crippen LogP contribution in [0.5, 0.6) is 0 Å². The minimum absolute atomic E-state index is 0.153. The van der Waals surface area contributed by atoms with Gasteiger partial charge in [-0.05, 0) is 31.5 Å². The molecule has 4 rings (SSSR count). The molecule has 0 aliphatic carbocycles. The number of aryl methyl sites for hydroxylation is 1. The monoisotopic (exact) mass is 376 g/mol. The maximum atomic E-state index is 12.9. The van der Waals surface area contributed by atoms with Crippen molar-refractivity contribution < 1.29 is 9.32 Å². The fraction of sp³-hybridized carbons (Fsp3) is 0.318. The van der Waals surface area contributed by atoms with Gasteiger partial charge in [0.15, 0.2) is 5.76 Å². The van der Waals surface area contributed by atoms with E-state index in [0.717, 1.165) is 23.6 Å². The number of aromatic nitrogens is 2. The molecule has 3 aromatic rings. The summed E-state index contributed by atoms with van der Waals surface area (Å²) in [5.41, 5.74) is 4.07. The average Bonchev–Trinajstić information content (AvgIpc) is 3.17. The number of hydrogen-bond acceptors (Lipinski definition) is 5. The van der Waals surface area contributed by atoms with Crippen molar-refractivity contribution in [2.75, 3.05) is 13.1 Å². The second kappa shape index (κ2) is 7.94. The van der Waals surface area contributed by atoms with E-state index in [0.29, 0.717) is 19.6 Å². The minimum atomic E-state index is -0.189. The highest BCUT2D eigenvalue weighted by Gasteiger charge is 2.32. The maximum absolute atomic E-state index is 12.9. The Hall–Kier alpha value is -2.99. The summed E-state index contributed by atoms with van der Waals surface area (Å²) in [6.07, 6.45) is 3.49. The summed E-state index contributed by atoms with van der Waals surface area (Å²) in [5, 5.41) is 4.14. The van der Waals surface area contributed by atoms with Crippen molar-refractivity contribution in [1.29, 1.82) is 0 Å². The average molecular weight is 376 g/mol. The Morgan fingerprint density at radius 2 is 2.04 bits per heavy atom. The first-order valence-corrected chi connectivity index (χ1v) is 9.54. The molecule has 0 spiro atoms. The van der Waals surface area contributed by atoms with Gasteiger partial charge in [-0.2, -0.15) is 0 Å². The first kappa shape index (κ1) is 18.4. The maximum Gasteiger partial charge on any atom is 0.239 e. The van der Waals surface area contributed by atoms with E-state index < -0.39 is 0 Å². The van der Waals surface area contributed by atoms with Crippen LogP contribution in [-0.4, -0.2) is 45.0 Å². The highest BCUT2D eigenvalue weighted by atomic mass is 16.5. The van der Waals surface area contributed by atoms with Crippen molar-refractivity contribution in [3.05, 3.63) is 71.7 Å². The molecule has 28 heavy (non-hydrogen) atoms. The van der Waals surface area contributed by atoms with E-state index in [2.05, 4.69) is 40.2 Å². The van der Waals surface area contributed by atoms with Crippen LogP contribution in [0, 0.1) is 6.92 Å². The van der Waals surface area contributed by atoms with Crippen LogP contribution in [0.1, 0.15) is 23.8 Å². The van der Waals surface area contributed by atoms with Crippen LogP contribution in [0.25, 0.3) is 11.3 Å². The number of benzene rings is 1. The lowest BCUT2D eigenvalue weighted by molar-refractivity contribution is -0.142. The molecule has 1 aromatic carbocycles. The van der Waals surface area contributed by atoms with Crippen molar-refractivity contribution in [2.24, 2.45) is 0 Å². The van der Waals surface area contributed by atoms with Crippen LogP contribution in [0.3, 0.4) is 0 Å². The SMILES string of the molecule is Cc1cccc(CN2CCN(Cc3cc(-c4cccnc4)no3)[C@@H](C)C2=O)c1. The van der Waals surface area contributed by atoms with Gasteiger partial charge < -0.3 is 9.42 Å². The van der Waals surface area contributed by atoms with Crippen LogP contribution in [0.4, 0.5) is 0 Å². The Kier molecular flexibility index (Phi) is 5.21. The Bertz CT molecular complexity index is 954. The normalized spacial score (nSPS) is 17.9. The van der Waals surface area contributed by atoms with Crippen LogP contribution >= 0.6 is 0 Å². The fourth-order valence-corrected chi connectivity index (χ4v) is 3.62. The second-order valence-electron chi connectivity index (χ2n) is 7.32. The molecule has 0 radical (unpaired) electrons. The van der Waals surface area contributed by atoms with Gasteiger partial charge in [0.05, 0.1) is 12.6 Å². The highest BCUT2D eigenvalue weighted by molar-refractivity contribution is 5.82. The number of carbonyl (C=O) groups is 1. The predicted molar refractivity (Wildman–Crippen MR) is 106 cm³/mol. The van der Waals surface area contributed by atoms with E-state index in [1.54, 1.807) is 12.4 Å². The summed E-state index contributed by atoms with van der Waals surface area (Å²) < 4.78 is 5.50. The van der Waals surface area contributed by atoms with Crippen molar-refractivity contribution in [1.82, 2.24) is 19.9 Å². The molecule has 6 nitrogen and oxygen atoms in total. The van der Waals surface area contributed by atoms with Gasteiger partial charge in [0.25, 0.3) is 0 Å². The smallest absolute Gasteiger partial charge is 0.239 e. The standard InChI is InChI=1S/C22H24N4O2/c1-16-5-3-6-18(11-16)14-26-10-9-25(17(2)22(26)27)15-20-12-21(24-28-20)19-7-4-8-23-13-19/h3-8,11-13,17H,9-10,14-15H2,1-2H3/t17-/m0/s1. The van der Waals surface area contributed by atoms with Crippen molar-refractivity contribution >= 4 is 5.91 Å². The molecule has 2 aromatic heterocycles. The minimum Gasteiger partial charge on any atom is -0.359 e. The lowest BCUT2D eigenvalue weighted by atomic mass is 10.1. The molecule has 1 saturated heterocycles. The Balaban J connectivity index is 1.40. The lowest BCUT2D eigenvalue weighted by Crippen LogP contribution is -2.54. The van der Waals surface area contributed by atoms with Crippen LogP contribution in [-0.2, 0) is 17.9 Å². The zero-order valence-electron chi connectivity index (χ0n) is 16.2. The number of piperazine rings is 1. The third kappa shape index (κ3) is 3.97. The fourth-order valence-electron chi connectivity index (χ4n) is 3.62. The van der Waals surface area contributed by atoms with Gasteiger partial charge in [-0.25, -0.2) is 0 Å². The van der Waals surface area contributed by atoms with E-state index in [1.807, 2.05) is 36.1 Å². The molecular weight excluding hydrogens is 352 g/mol. The Labute approximate surface area is 164 Å². The zero-order valence-corrected chi connectivity index (χ0v) is 16.2. The van der Waals surface area contributed by atoms with Crippen LogP contribution < -0.4 is 0 Å². The number of pyridine rings is 1. The molecule has 0 N–H and O–H groups in total. The first-order valence-electron chi connectivity index (χ1n) is 9.54. The van der Waals surface area contributed by atoms with Crippen LogP contribution in [0.15, 0.2) is 59.4 Å². The molecule has 0 bridgehead atoms. The molecule has 1 aliphatic heterocycles. The van der Waals surface area contributed by atoms with Gasteiger partial charge in [-0.1, -0.05) is 35.0 Å². The van der Waals surface area contributed by atoms with Gasteiger partial charge in [0, 0.05) is 43.7 Å². The first-order chi connectivity index (χ1) is 13.6. The molecule has 1 fully saturated rings. The van der Waals surface area contributed by atoms with E-state index >= 15 is 0 Å². The molecule has 6 heteroatoms. The Morgan fingerprint density at radius 1 is 1.14 bits per heavy atom. The molecule has 0 saturated carbocycles. The van der Waals surface area contributed by atoms with E-state index in [4.69, 9.17) is 4.52 Å². The van der Waals surface area contributed by atoms with Crippen molar-refractivity contribution in [2.45, 2.75) is 33.0 Å². The molecule has 3 heterocycles. The van der Waals surface area contributed by atoms with Crippen molar-refractivity contribution in [3.8, 4) is 11.3 Å². The summed E-state index contributed by atoms with van der Waals surface area (Å²) in [5.74, 6) is 0.908. The number of amides is 1. The van der Waals surface area contributed by atoms with Crippen LogP contribution in [0.2, 0.25) is 0 Å². The largest absolute Gasteiger partial charge is 0.359 e. The van der Waals surface area contributed by atoms with Gasteiger partial charge in [0.1, 0.15) is 5.69 Å². The molecule has 144 valence electrons. The lowest BCUT2D eigenvalue weighted by Gasteiger charge is -2.38. The number of hydrogen-bond donors (Lipinski definition) is 0. The zero-order chi connectivity index (χ0) is 19.5. The second-order valence-corrected chi connectivity index (χ2v) is 7.32. The number of nitrogens with zero attached hydrogens (tertiary/aromatic N) is 4. The third-order valence-electron chi connectivity index (χ3n) is 5.21. The summed E-state index contributed by atoms with van der Waals surface area (Å²) in [4.78, 5) is 21.1. The summed E-state index contributed by atoms with van der Waals surface area (Å²) in [6, 6.07) is 13.9. The number of carbonyl (C=O) groups excluding carboxylic acids is 1. The molecular formula is C22H24N4O2. The molecule has 1 atom stereocenters. The topological polar surface area (TPSA) is 62.5 Å².